The van der Waals surface area contributed by atoms with Crippen LogP contribution in [0.5, 0.6) is 0 Å². The van der Waals surface area contributed by atoms with Crippen molar-refractivity contribution in [2.45, 2.75) is 0 Å². The van der Waals surface area contributed by atoms with Crippen molar-refractivity contribution in [2.75, 3.05) is 19.1 Å². The normalized spacial score (nSPS) is 11.9. The van der Waals surface area contributed by atoms with E-state index in [9.17, 15) is 9.13 Å². The Balaban J connectivity index is 1.55. The summed E-state index contributed by atoms with van der Waals surface area (Å²) in [5.74, 6) is 0. The van der Waals surface area contributed by atoms with Crippen LogP contribution >= 0.6 is 14.3 Å². The molecular formula is C27H26O3P2. The van der Waals surface area contributed by atoms with Gasteiger partial charge in [-0.3, -0.25) is 0 Å². The van der Waals surface area contributed by atoms with Gasteiger partial charge in [-0.15, -0.1) is 0 Å². The third kappa shape index (κ3) is 4.87. The minimum absolute atomic E-state index is 0.0740. The smallest absolute Gasteiger partial charge is 0.167 e. The predicted octanol–water partition coefficient (Wildman–Crippen LogP) is 4.99. The maximum absolute atomic E-state index is 14.1. The van der Waals surface area contributed by atoms with E-state index >= 15 is 0 Å². The third-order valence-electron chi connectivity index (χ3n) is 5.52. The van der Waals surface area contributed by atoms with E-state index in [1.165, 1.54) is 0 Å². The lowest BCUT2D eigenvalue weighted by molar-refractivity contribution is 0.194. The summed E-state index contributed by atoms with van der Waals surface area (Å²) in [7, 11) is -5.83. The van der Waals surface area contributed by atoms with Crippen molar-refractivity contribution >= 4 is 35.5 Å². The second-order valence-corrected chi connectivity index (χ2v) is 13.3. The van der Waals surface area contributed by atoms with Crippen LogP contribution in [0.25, 0.3) is 0 Å². The zero-order chi connectivity index (χ0) is 22.3. The van der Waals surface area contributed by atoms with Crippen LogP contribution in [0.2, 0.25) is 0 Å². The molecule has 0 spiro atoms. The van der Waals surface area contributed by atoms with Gasteiger partial charge < -0.3 is 13.9 Å². The highest BCUT2D eigenvalue weighted by atomic mass is 31.2. The predicted molar refractivity (Wildman–Crippen MR) is 135 cm³/mol. The van der Waals surface area contributed by atoms with E-state index in [1.54, 1.807) is 0 Å². The lowest BCUT2D eigenvalue weighted by Crippen LogP contribution is -2.23. The van der Waals surface area contributed by atoms with E-state index in [0.717, 1.165) is 21.2 Å². The molecule has 0 radical (unpaired) electrons. The van der Waals surface area contributed by atoms with Gasteiger partial charge in [-0.2, -0.15) is 0 Å². The molecule has 4 rings (SSSR count). The van der Waals surface area contributed by atoms with Gasteiger partial charge in [0, 0.05) is 27.4 Å². The fraction of sp³-hybridized carbons (Fsp3) is 0.111. The van der Waals surface area contributed by atoms with Crippen LogP contribution in [0.3, 0.4) is 0 Å². The van der Waals surface area contributed by atoms with Crippen molar-refractivity contribution in [3.8, 4) is 0 Å². The van der Waals surface area contributed by atoms with Gasteiger partial charge in [0.25, 0.3) is 0 Å². The zero-order valence-electron chi connectivity index (χ0n) is 17.8. The Morgan fingerprint density at radius 3 is 1.12 bits per heavy atom. The quantitative estimate of drug-likeness (QED) is 0.261. The minimum Gasteiger partial charge on any atom is -0.373 e. The van der Waals surface area contributed by atoms with Gasteiger partial charge in [0.05, 0.1) is 6.61 Å². The van der Waals surface area contributed by atoms with Gasteiger partial charge in [-0.1, -0.05) is 121 Å². The van der Waals surface area contributed by atoms with Crippen LogP contribution < -0.4 is 21.2 Å². The van der Waals surface area contributed by atoms with Crippen molar-refractivity contribution in [3.63, 3.8) is 0 Å². The van der Waals surface area contributed by atoms with E-state index in [2.05, 4.69) is 0 Å². The molecule has 0 aliphatic carbocycles. The van der Waals surface area contributed by atoms with Crippen molar-refractivity contribution in [1.82, 2.24) is 0 Å². The largest absolute Gasteiger partial charge is 0.373 e. The first kappa shape index (κ1) is 22.5. The lowest BCUT2D eigenvalue weighted by atomic mass is 10.4. The van der Waals surface area contributed by atoms with Crippen LogP contribution in [0, 0.1) is 0 Å². The highest BCUT2D eigenvalue weighted by Crippen LogP contribution is 2.45. The van der Waals surface area contributed by atoms with Gasteiger partial charge in [0.1, 0.15) is 13.5 Å². The first-order valence-corrected chi connectivity index (χ1v) is 14.4. The molecule has 32 heavy (non-hydrogen) atoms. The summed E-state index contributed by atoms with van der Waals surface area (Å²) >= 11 is 0. The van der Waals surface area contributed by atoms with E-state index in [0.29, 0.717) is 6.16 Å². The highest BCUT2D eigenvalue weighted by molar-refractivity contribution is 7.79. The first-order valence-electron chi connectivity index (χ1n) is 10.6. The molecule has 0 aliphatic rings. The van der Waals surface area contributed by atoms with Crippen LogP contribution in [-0.2, 0) is 13.9 Å². The summed E-state index contributed by atoms with van der Waals surface area (Å²) in [5, 5.41) is 3.15. The molecule has 0 fully saturated rings. The van der Waals surface area contributed by atoms with Crippen LogP contribution in [0.1, 0.15) is 0 Å². The minimum atomic E-state index is -2.96. The Morgan fingerprint density at radius 1 is 0.469 bits per heavy atom. The molecule has 0 amide bonds. The fourth-order valence-corrected chi connectivity index (χ4v) is 8.57. The Kier molecular flexibility index (Phi) is 7.22. The Hall–Kier alpha value is -2.70. The first-order chi connectivity index (χ1) is 15.6. The van der Waals surface area contributed by atoms with Crippen molar-refractivity contribution < 1.29 is 13.9 Å². The maximum Gasteiger partial charge on any atom is 0.167 e. The highest BCUT2D eigenvalue weighted by Gasteiger charge is 2.30. The fourth-order valence-electron chi connectivity index (χ4n) is 3.77. The summed E-state index contributed by atoms with van der Waals surface area (Å²) in [5.41, 5.74) is 0. The molecule has 0 unspecified atom stereocenters. The molecule has 4 aromatic carbocycles. The average Bonchev–Trinajstić information content (AvgIpc) is 2.88. The third-order valence-corrected chi connectivity index (χ3v) is 11.4. The van der Waals surface area contributed by atoms with E-state index in [4.69, 9.17) is 4.74 Å². The lowest BCUT2D eigenvalue weighted by Gasteiger charge is -2.22. The second-order valence-electron chi connectivity index (χ2n) is 7.58. The molecule has 162 valence electrons. The molecule has 0 N–H and O–H groups in total. The van der Waals surface area contributed by atoms with Gasteiger partial charge in [0.15, 0.2) is 7.14 Å². The number of benzene rings is 4. The molecule has 0 saturated heterocycles. The van der Waals surface area contributed by atoms with Crippen molar-refractivity contribution in [3.05, 3.63) is 121 Å². The summed E-state index contributed by atoms with van der Waals surface area (Å²) in [4.78, 5) is 0. The van der Waals surface area contributed by atoms with Crippen molar-refractivity contribution in [2.24, 2.45) is 0 Å². The molecule has 5 heteroatoms. The van der Waals surface area contributed by atoms with E-state index in [1.807, 2.05) is 121 Å². The number of ether oxygens (including phenoxy) is 1. The zero-order valence-corrected chi connectivity index (χ0v) is 19.6. The van der Waals surface area contributed by atoms with Crippen LogP contribution in [0.4, 0.5) is 0 Å². The van der Waals surface area contributed by atoms with Gasteiger partial charge in [-0.25, -0.2) is 0 Å². The Labute approximate surface area is 189 Å². The summed E-state index contributed by atoms with van der Waals surface area (Å²) < 4.78 is 34.2. The molecule has 0 atom stereocenters. The molecular weight excluding hydrogens is 434 g/mol. The van der Waals surface area contributed by atoms with Gasteiger partial charge >= 0.3 is 0 Å². The number of hydrogen-bond acceptors (Lipinski definition) is 3. The van der Waals surface area contributed by atoms with E-state index in [-0.39, 0.29) is 13.0 Å². The average molecular weight is 460 g/mol. The van der Waals surface area contributed by atoms with Gasteiger partial charge in [-0.05, 0) is 0 Å². The molecule has 0 aliphatic heterocycles. The monoisotopic (exact) mass is 460 g/mol. The molecule has 0 saturated carbocycles. The van der Waals surface area contributed by atoms with E-state index < -0.39 is 14.3 Å². The maximum atomic E-state index is 14.1. The van der Waals surface area contributed by atoms with Crippen LogP contribution in [-0.4, -0.2) is 19.1 Å². The molecule has 0 bridgehead atoms. The number of rotatable bonds is 9. The Morgan fingerprint density at radius 2 is 0.781 bits per heavy atom. The second kappa shape index (κ2) is 10.3. The standard InChI is InChI=1S/C27H26O3P2/c28-31(24-13-5-1-6-14-24,25-15-7-2-8-16-25)22-21-30-23-32(29,26-17-9-3-10-18-26)27-19-11-4-12-20-27/h1-20H,21-23H2. The molecule has 0 heterocycles. The Bertz CT molecular complexity index is 1030. The van der Waals surface area contributed by atoms with Gasteiger partial charge in [0.2, 0.25) is 0 Å². The van der Waals surface area contributed by atoms with Crippen molar-refractivity contribution in [1.29, 1.82) is 0 Å². The summed E-state index contributed by atoms with van der Waals surface area (Å²) in [6.45, 7) is 0.255. The topological polar surface area (TPSA) is 43.4 Å². The molecule has 3 nitrogen and oxygen atoms in total. The van der Waals surface area contributed by atoms with Crippen LogP contribution in [0.15, 0.2) is 121 Å². The summed E-state index contributed by atoms with van der Waals surface area (Å²) in [6, 6.07) is 38.0. The number of hydrogen-bond donors (Lipinski definition) is 0. The molecule has 4 aromatic rings. The molecule has 0 aromatic heterocycles. The SMILES string of the molecule is O=P(CCOCP(=O)(c1ccccc1)c1ccccc1)(c1ccccc1)c1ccccc1. The summed E-state index contributed by atoms with van der Waals surface area (Å²) in [6.07, 6.45) is 0.426.